The van der Waals surface area contributed by atoms with Crippen molar-refractivity contribution in [1.29, 1.82) is 5.53 Å². The van der Waals surface area contributed by atoms with E-state index < -0.39 is 0 Å². The molecular weight excluding hydrogens is 340 g/mol. The lowest BCUT2D eigenvalue weighted by Crippen LogP contribution is -1.98. The molecule has 0 amide bonds. The van der Waals surface area contributed by atoms with E-state index in [0.717, 1.165) is 35.2 Å². The van der Waals surface area contributed by atoms with Gasteiger partial charge in [0.05, 0.1) is 12.3 Å². The number of hydrogen-bond donors (Lipinski definition) is 1. The van der Waals surface area contributed by atoms with Crippen LogP contribution in [0.2, 0.25) is 0 Å². The van der Waals surface area contributed by atoms with Crippen molar-refractivity contribution in [1.82, 2.24) is 0 Å². The van der Waals surface area contributed by atoms with Crippen LogP contribution >= 0.6 is 15.9 Å². The third-order valence-electron chi connectivity index (χ3n) is 3.48. The highest BCUT2D eigenvalue weighted by Gasteiger charge is 2.05. The molecule has 0 bridgehead atoms. The summed E-state index contributed by atoms with van der Waals surface area (Å²) in [7, 11) is 0. The smallest absolute Gasteiger partial charge is 0.127 e. The molecule has 1 N–H and O–H groups in total. The molecule has 0 atom stereocenters. The second kappa shape index (κ2) is 9.36. The lowest BCUT2D eigenvalue weighted by molar-refractivity contribution is 0.306. The van der Waals surface area contributed by atoms with E-state index in [1.165, 1.54) is 19.3 Å². The van der Waals surface area contributed by atoms with Crippen molar-refractivity contribution in [2.24, 2.45) is 5.11 Å². The topological polar surface area (TPSA) is 45.4 Å². The first-order valence-corrected chi connectivity index (χ1v) is 8.73. The minimum atomic E-state index is 0.661. The maximum absolute atomic E-state index is 7.02. The fraction of sp³-hybridized carbons (Fsp3) is 0.333. The zero-order valence-corrected chi connectivity index (χ0v) is 14.2. The Bertz CT molecular complexity index is 584. The zero-order valence-electron chi connectivity index (χ0n) is 12.6. The third-order valence-corrected chi connectivity index (χ3v) is 4.04. The van der Waals surface area contributed by atoms with Gasteiger partial charge in [0.2, 0.25) is 0 Å². The average molecular weight is 361 g/mol. The molecule has 3 nitrogen and oxygen atoms in total. The van der Waals surface area contributed by atoms with Crippen LogP contribution in [0, 0.1) is 5.53 Å². The Balaban J connectivity index is 1.98. The van der Waals surface area contributed by atoms with Crippen molar-refractivity contribution in [3.05, 3.63) is 48.5 Å². The highest BCUT2D eigenvalue weighted by atomic mass is 79.9. The lowest BCUT2D eigenvalue weighted by Gasteiger charge is -2.11. The summed E-state index contributed by atoms with van der Waals surface area (Å²) in [6, 6.07) is 15.7. The monoisotopic (exact) mass is 360 g/mol. The fourth-order valence-electron chi connectivity index (χ4n) is 2.28. The molecular formula is C18H21BrN2O. The maximum atomic E-state index is 7.02. The van der Waals surface area contributed by atoms with Gasteiger partial charge in [0.25, 0.3) is 0 Å². The first-order valence-electron chi connectivity index (χ1n) is 7.61. The molecule has 0 aliphatic rings. The maximum Gasteiger partial charge on any atom is 0.127 e. The van der Waals surface area contributed by atoms with E-state index in [9.17, 15) is 0 Å². The van der Waals surface area contributed by atoms with E-state index >= 15 is 0 Å². The standard InChI is InChI=1S/C18H21BrN2O/c19-13-5-1-2-6-14-22-18-8-4-3-7-17(18)15-9-11-16(21-20)12-10-15/h3-4,7-12,20H,1-2,5-6,13-14H2. The van der Waals surface area contributed by atoms with E-state index in [4.69, 9.17) is 10.3 Å². The van der Waals surface area contributed by atoms with Gasteiger partial charge >= 0.3 is 0 Å². The van der Waals surface area contributed by atoms with Crippen LogP contribution in [0.4, 0.5) is 5.69 Å². The van der Waals surface area contributed by atoms with Crippen LogP contribution < -0.4 is 4.74 Å². The molecule has 0 saturated heterocycles. The van der Waals surface area contributed by atoms with Gasteiger partial charge in [-0.3, -0.25) is 0 Å². The first-order chi connectivity index (χ1) is 10.8. The van der Waals surface area contributed by atoms with Crippen LogP contribution in [0.25, 0.3) is 11.1 Å². The van der Waals surface area contributed by atoms with Crippen LogP contribution in [0.3, 0.4) is 0 Å². The van der Waals surface area contributed by atoms with Gasteiger partial charge in [0.15, 0.2) is 0 Å². The van der Waals surface area contributed by atoms with Crippen molar-refractivity contribution in [3.8, 4) is 16.9 Å². The molecule has 0 aromatic heterocycles. The molecule has 4 heteroatoms. The zero-order chi connectivity index (χ0) is 15.6. The van der Waals surface area contributed by atoms with Gasteiger partial charge in [0, 0.05) is 10.9 Å². The van der Waals surface area contributed by atoms with Crippen LogP contribution in [-0.2, 0) is 0 Å². The number of para-hydroxylation sites is 1. The lowest BCUT2D eigenvalue weighted by atomic mass is 10.0. The van der Waals surface area contributed by atoms with Gasteiger partial charge < -0.3 is 4.74 Å². The Labute approximate surface area is 140 Å². The second-order valence-electron chi connectivity index (χ2n) is 5.11. The Morgan fingerprint density at radius 2 is 1.64 bits per heavy atom. The van der Waals surface area contributed by atoms with Gasteiger partial charge in [-0.15, -0.1) is 0 Å². The Morgan fingerprint density at radius 1 is 0.909 bits per heavy atom. The second-order valence-corrected chi connectivity index (χ2v) is 5.90. The van der Waals surface area contributed by atoms with E-state index in [2.05, 4.69) is 27.1 Å². The average Bonchev–Trinajstić information content (AvgIpc) is 2.58. The normalized spacial score (nSPS) is 10.4. The summed E-state index contributed by atoms with van der Waals surface area (Å²) >= 11 is 3.45. The molecule has 0 aliphatic heterocycles. The van der Waals surface area contributed by atoms with Crippen molar-refractivity contribution >= 4 is 21.6 Å². The highest BCUT2D eigenvalue weighted by Crippen LogP contribution is 2.31. The Kier molecular flexibility index (Phi) is 7.10. The van der Waals surface area contributed by atoms with Crippen LogP contribution in [0.1, 0.15) is 25.7 Å². The van der Waals surface area contributed by atoms with Gasteiger partial charge in [-0.05, 0) is 36.6 Å². The number of alkyl halides is 1. The summed E-state index contributed by atoms with van der Waals surface area (Å²) in [5.74, 6) is 0.915. The molecule has 0 saturated carbocycles. The van der Waals surface area contributed by atoms with Gasteiger partial charge in [-0.1, -0.05) is 59.1 Å². The number of unbranched alkanes of at least 4 members (excludes halogenated alkanes) is 3. The number of benzene rings is 2. The summed E-state index contributed by atoms with van der Waals surface area (Å²) in [5.41, 5.74) is 9.85. The molecule has 116 valence electrons. The van der Waals surface area contributed by atoms with Crippen LogP contribution in [0.5, 0.6) is 5.75 Å². The minimum Gasteiger partial charge on any atom is -0.493 e. The van der Waals surface area contributed by atoms with Crippen molar-refractivity contribution in [3.63, 3.8) is 0 Å². The molecule has 0 fully saturated rings. The van der Waals surface area contributed by atoms with E-state index in [-0.39, 0.29) is 0 Å². The summed E-state index contributed by atoms with van der Waals surface area (Å²) < 4.78 is 5.96. The minimum absolute atomic E-state index is 0.661. The summed E-state index contributed by atoms with van der Waals surface area (Å²) in [6.07, 6.45) is 4.75. The summed E-state index contributed by atoms with van der Waals surface area (Å²) in [5, 5.41) is 4.51. The number of halogens is 1. The van der Waals surface area contributed by atoms with Gasteiger partial charge in [-0.25, -0.2) is 5.53 Å². The number of nitrogens with zero attached hydrogens (tertiary/aromatic N) is 1. The van der Waals surface area contributed by atoms with E-state index in [1.807, 2.05) is 42.5 Å². The van der Waals surface area contributed by atoms with Crippen LogP contribution in [-0.4, -0.2) is 11.9 Å². The quantitative estimate of drug-likeness (QED) is 0.316. The summed E-state index contributed by atoms with van der Waals surface area (Å²) in [4.78, 5) is 0. The molecule has 22 heavy (non-hydrogen) atoms. The van der Waals surface area contributed by atoms with Crippen molar-refractivity contribution in [2.75, 3.05) is 11.9 Å². The van der Waals surface area contributed by atoms with E-state index in [0.29, 0.717) is 5.69 Å². The molecule has 0 spiro atoms. The number of ether oxygens (including phenoxy) is 1. The van der Waals surface area contributed by atoms with E-state index in [1.54, 1.807) is 0 Å². The number of rotatable bonds is 9. The van der Waals surface area contributed by atoms with Crippen molar-refractivity contribution in [2.45, 2.75) is 25.7 Å². The first kappa shape index (κ1) is 16.7. The fourth-order valence-corrected chi connectivity index (χ4v) is 2.68. The number of nitrogens with one attached hydrogen (secondary N) is 1. The SMILES string of the molecule is N=Nc1ccc(-c2ccccc2OCCCCCCBr)cc1. The summed E-state index contributed by atoms with van der Waals surface area (Å²) in [6.45, 7) is 0.749. The van der Waals surface area contributed by atoms with Crippen molar-refractivity contribution < 1.29 is 4.74 Å². The molecule has 2 aromatic carbocycles. The van der Waals surface area contributed by atoms with Crippen LogP contribution in [0.15, 0.2) is 53.6 Å². The number of hydrogen-bond acceptors (Lipinski definition) is 3. The Morgan fingerprint density at radius 3 is 2.36 bits per heavy atom. The largest absolute Gasteiger partial charge is 0.493 e. The molecule has 2 rings (SSSR count). The predicted molar refractivity (Wildman–Crippen MR) is 94.4 cm³/mol. The van der Waals surface area contributed by atoms with Gasteiger partial charge in [0.1, 0.15) is 5.75 Å². The third kappa shape index (κ3) is 4.95. The molecule has 0 unspecified atom stereocenters. The molecule has 2 aromatic rings. The highest BCUT2D eigenvalue weighted by molar-refractivity contribution is 9.09. The van der Waals surface area contributed by atoms with Gasteiger partial charge in [-0.2, -0.15) is 5.11 Å². The molecule has 0 aliphatic carbocycles. The molecule has 0 radical (unpaired) electrons. The predicted octanol–water partition coefficient (Wildman–Crippen LogP) is 6.35. The molecule has 0 heterocycles. The Hall–Kier alpha value is -1.68.